The number of amides is 4. The van der Waals surface area contributed by atoms with Gasteiger partial charge in [0.1, 0.15) is 6.04 Å². The van der Waals surface area contributed by atoms with Gasteiger partial charge in [-0.3, -0.25) is 29.4 Å². The second-order valence-electron chi connectivity index (χ2n) is 6.17. The maximum absolute atomic E-state index is 12.7. The van der Waals surface area contributed by atoms with Gasteiger partial charge in [0, 0.05) is 26.1 Å². The fourth-order valence-electron chi connectivity index (χ4n) is 3.11. The lowest BCUT2D eigenvalue weighted by molar-refractivity contribution is -0.136. The molecule has 4 N–H and O–H groups in total. The molecular weight excluding hydrogens is 336 g/mol. The molecule has 2 heterocycles. The summed E-state index contributed by atoms with van der Waals surface area (Å²) in [5.74, 6) is -1.99. The molecule has 8 nitrogen and oxygen atoms in total. The summed E-state index contributed by atoms with van der Waals surface area (Å²) in [6, 6.07) is 4.11. The Morgan fingerprint density at radius 3 is 2.65 bits per heavy atom. The van der Waals surface area contributed by atoms with E-state index in [1.807, 2.05) is 12.2 Å². The second kappa shape index (κ2) is 7.59. The van der Waals surface area contributed by atoms with Gasteiger partial charge >= 0.3 is 0 Å². The van der Waals surface area contributed by atoms with Gasteiger partial charge in [-0.25, -0.2) is 0 Å². The number of nitrogens with one attached hydrogen (secondary N) is 2. The molecular formula is C18H20N4O4. The Bertz CT molecular complexity index is 802. The van der Waals surface area contributed by atoms with Crippen LogP contribution in [-0.2, 0) is 16.1 Å². The minimum Gasteiger partial charge on any atom is -0.327 e. The first-order valence-corrected chi connectivity index (χ1v) is 8.43. The third-order valence-corrected chi connectivity index (χ3v) is 4.40. The van der Waals surface area contributed by atoms with Gasteiger partial charge in [-0.05, 0) is 24.1 Å². The number of rotatable bonds is 6. The highest BCUT2D eigenvalue weighted by atomic mass is 16.2. The predicted molar refractivity (Wildman–Crippen MR) is 93.0 cm³/mol. The Hall–Kier alpha value is -2.84. The van der Waals surface area contributed by atoms with Crippen LogP contribution in [-0.4, -0.2) is 47.7 Å². The van der Waals surface area contributed by atoms with Crippen LogP contribution in [0.2, 0.25) is 0 Å². The molecule has 8 heteroatoms. The highest BCUT2D eigenvalue weighted by Crippen LogP contribution is 2.28. The standard InChI is InChI=1S/C18H20N4O4/c19-7-1-2-8-20-10-11-3-4-12-13(9-11)18(26)22(17(12)25)14-5-6-15(23)21-16(14)24/h1-4,9,14,20H,5-8,10,19H2,(H,21,23,24)/b2-1+. The monoisotopic (exact) mass is 356 g/mol. The zero-order valence-electron chi connectivity index (χ0n) is 14.2. The zero-order valence-corrected chi connectivity index (χ0v) is 14.2. The normalized spacial score (nSPS) is 20.0. The van der Waals surface area contributed by atoms with E-state index < -0.39 is 23.8 Å². The van der Waals surface area contributed by atoms with Crippen molar-refractivity contribution >= 4 is 23.6 Å². The first kappa shape index (κ1) is 18.0. The van der Waals surface area contributed by atoms with Crippen LogP contribution in [0.5, 0.6) is 0 Å². The largest absolute Gasteiger partial charge is 0.327 e. The van der Waals surface area contributed by atoms with E-state index in [-0.39, 0.29) is 29.9 Å². The molecule has 2 aliphatic heterocycles. The fraction of sp³-hybridized carbons (Fsp3) is 0.333. The number of nitrogens with two attached hydrogens (primary N) is 1. The van der Waals surface area contributed by atoms with Gasteiger partial charge in [-0.2, -0.15) is 0 Å². The van der Waals surface area contributed by atoms with Crippen molar-refractivity contribution < 1.29 is 19.2 Å². The average Bonchev–Trinajstić information content (AvgIpc) is 2.86. The van der Waals surface area contributed by atoms with Gasteiger partial charge < -0.3 is 11.1 Å². The Morgan fingerprint density at radius 2 is 1.92 bits per heavy atom. The number of fused-ring (bicyclic) bond motifs is 1. The minimum atomic E-state index is -0.942. The molecule has 26 heavy (non-hydrogen) atoms. The van der Waals surface area contributed by atoms with E-state index in [0.29, 0.717) is 19.6 Å². The molecule has 0 bridgehead atoms. The number of hydrogen-bond acceptors (Lipinski definition) is 6. The molecule has 136 valence electrons. The molecule has 4 amide bonds. The number of piperidine rings is 1. The lowest BCUT2D eigenvalue weighted by Gasteiger charge is -2.27. The molecule has 0 radical (unpaired) electrons. The van der Waals surface area contributed by atoms with Gasteiger partial charge in [-0.1, -0.05) is 18.2 Å². The highest BCUT2D eigenvalue weighted by Gasteiger charge is 2.44. The van der Waals surface area contributed by atoms with E-state index in [4.69, 9.17) is 5.73 Å². The smallest absolute Gasteiger partial charge is 0.262 e. The van der Waals surface area contributed by atoms with Crippen molar-refractivity contribution in [2.45, 2.75) is 25.4 Å². The van der Waals surface area contributed by atoms with E-state index in [1.54, 1.807) is 18.2 Å². The molecule has 0 aliphatic carbocycles. The van der Waals surface area contributed by atoms with Crippen molar-refractivity contribution in [2.24, 2.45) is 5.73 Å². The van der Waals surface area contributed by atoms with E-state index >= 15 is 0 Å². The van der Waals surface area contributed by atoms with Gasteiger partial charge in [0.2, 0.25) is 11.8 Å². The molecule has 1 aromatic rings. The van der Waals surface area contributed by atoms with E-state index in [9.17, 15) is 19.2 Å². The van der Waals surface area contributed by atoms with E-state index in [2.05, 4.69) is 10.6 Å². The van der Waals surface area contributed by atoms with Crippen LogP contribution in [0.15, 0.2) is 30.4 Å². The van der Waals surface area contributed by atoms with E-state index in [0.717, 1.165) is 10.5 Å². The third kappa shape index (κ3) is 3.42. The third-order valence-electron chi connectivity index (χ3n) is 4.40. The van der Waals surface area contributed by atoms with Gasteiger partial charge in [0.25, 0.3) is 11.8 Å². The van der Waals surface area contributed by atoms with Crippen LogP contribution >= 0.6 is 0 Å². The molecule has 0 spiro atoms. The lowest BCUT2D eigenvalue weighted by Crippen LogP contribution is -2.54. The molecule has 1 unspecified atom stereocenters. The summed E-state index contributed by atoms with van der Waals surface area (Å²) >= 11 is 0. The Labute approximate surface area is 150 Å². The summed E-state index contributed by atoms with van der Waals surface area (Å²) in [5, 5.41) is 5.37. The van der Waals surface area contributed by atoms with Crippen molar-refractivity contribution in [1.82, 2.24) is 15.5 Å². The van der Waals surface area contributed by atoms with Crippen LogP contribution < -0.4 is 16.4 Å². The maximum Gasteiger partial charge on any atom is 0.262 e. The summed E-state index contributed by atoms with van der Waals surface area (Å²) in [4.78, 5) is 49.6. The molecule has 0 saturated carbocycles. The Balaban J connectivity index is 1.74. The minimum absolute atomic E-state index is 0.106. The number of carbonyl (C=O) groups excluding carboxylic acids is 4. The van der Waals surface area contributed by atoms with E-state index in [1.165, 1.54) is 0 Å². The topological polar surface area (TPSA) is 122 Å². The molecule has 2 aliphatic rings. The van der Waals surface area contributed by atoms with Crippen LogP contribution in [0.4, 0.5) is 0 Å². The van der Waals surface area contributed by atoms with Crippen molar-refractivity contribution in [2.75, 3.05) is 13.1 Å². The first-order valence-electron chi connectivity index (χ1n) is 8.43. The zero-order chi connectivity index (χ0) is 18.7. The second-order valence-corrected chi connectivity index (χ2v) is 6.17. The molecule has 1 fully saturated rings. The lowest BCUT2D eigenvalue weighted by atomic mass is 10.0. The molecule has 3 rings (SSSR count). The van der Waals surface area contributed by atoms with Crippen molar-refractivity contribution in [3.05, 3.63) is 47.0 Å². The van der Waals surface area contributed by atoms with Crippen molar-refractivity contribution in [1.29, 1.82) is 0 Å². The summed E-state index contributed by atoms with van der Waals surface area (Å²) in [7, 11) is 0. The number of imide groups is 2. The summed E-state index contributed by atoms with van der Waals surface area (Å²) in [6.45, 7) is 1.65. The Morgan fingerprint density at radius 1 is 1.15 bits per heavy atom. The molecule has 0 aromatic heterocycles. The number of nitrogens with zero attached hydrogens (tertiary/aromatic N) is 1. The first-order chi connectivity index (χ1) is 12.5. The maximum atomic E-state index is 12.7. The molecule has 1 saturated heterocycles. The number of carbonyl (C=O) groups is 4. The summed E-state index contributed by atoms with van der Waals surface area (Å²) < 4.78 is 0. The van der Waals surface area contributed by atoms with Crippen LogP contribution in [0, 0.1) is 0 Å². The van der Waals surface area contributed by atoms with Gasteiger partial charge in [-0.15, -0.1) is 0 Å². The van der Waals surface area contributed by atoms with Crippen LogP contribution in [0.25, 0.3) is 0 Å². The number of benzene rings is 1. The van der Waals surface area contributed by atoms with Crippen molar-refractivity contribution in [3.63, 3.8) is 0 Å². The van der Waals surface area contributed by atoms with Crippen LogP contribution in [0.3, 0.4) is 0 Å². The predicted octanol–water partition coefficient (Wildman–Crippen LogP) is -0.308. The quantitative estimate of drug-likeness (QED) is 0.365. The Kier molecular flexibility index (Phi) is 5.24. The fourth-order valence-corrected chi connectivity index (χ4v) is 3.11. The van der Waals surface area contributed by atoms with Crippen LogP contribution in [0.1, 0.15) is 39.1 Å². The van der Waals surface area contributed by atoms with Crippen molar-refractivity contribution in [3.8, 4) is 0 Å². The van der Waals surface area contributed by atoms with Gasteiger partial charge in [0.05, 0.1) is 11.1 Å². The SMILES string of the molecule is NC/C=C/CNCc1ccc2c(c1)C(=O)N(C1CCC(=O)NC1=O)C2=O. The highest BCUT2D eigenvalue weighted by molar-refractivity contribution is 6.23. The average molecular weight is 356 g/mol. The summed E-state index contributed by atoms with van der Waals surface area (Å²) in [5.41, 5.74) is 6.80. The molecule has 1 aromatic carbocycles. The molecule has 1 atom stereocenters. The number of hydrogen-bond donors (Lipinski definition) is 3. The van der Waals surface area contributed by atoms with Gasteiger partial charge in [0.15, 0.2) is 0 Å². The summed E-state index contributed by atoms with van der Waals surface area (Å²) in [6.07, 6.45) is 4.01.